The minimum Gasteiger partial charge on any atom is -0.456 e. The van der Waals surface area contributed by atoms with Gasteiger partial charge in [0.25, 0.3) is 0 Å². The summed E-state index contributed by atoms with van der Waals surface area (Å²) >= 11 is 0. The molecule has 1 aliphatic rings. The fraction of sp³-hybridized carbons (Fsp3) is 0.123. The Balaban J connectivity index is 1.10. The molecule has 11 aromatic carbocycles. The van der Waals surface area contributed by atoms with Gasteiger partial charge in [0.1, 0.15) is 11.2 Å². The van der Waals surface area contributed by atoms with E-state index >= 15 is 0 Å². The molecule has 13 aromatic rings. The Morgan fingerprint density at radius 3 is 1.65 bits per heavy atom. The molecule has 14 rings (SSSR count). The highest BCUT2D eigenvalue weighted by molar-refractivity contribution is 6.21. The van der Waals surface area contributed by atoms with Crippen molar-refractivity contribution >= 4 is 103 Å². The molecule has 3 heteroatoms. The third-order valence-electron chi connectivity index (χ3n) is 15.6. The fourth-order valence-corrected chi connectivity index (χ4v) is 12.2. The van der Waals surface area contributed by atoms with Gasteiger partial charge in [0, 0.05) is 44.3 Å². The predicted octanol–water partition coefficient (Wildman–Crippen LogP) is 17.8. The monoisotopic (exact) mass is 872 g/mol. The molecule has 4 atom stereocenters. The molecule has 1 aliphatic heterocycles. The van der Waals surface area contributed by atoms with Crippen LogP contribution in [-0.2, 0) is 0 Å². The molecular formula is C65H48N2O. The van der Waals surface area contributed by atoms with Crippen LogP contribution in [0.2, 0.25) is 0 Å². The standard InChI is InChI=1S/C65H48N2O/c1-39-29-31-48(52-27-13-22-41-15-7-10-24-49(41)52)40(2)65(53-28-14-23-42-16-8-11-25-50(42)53)66-64(39)56-38-62-57(63-51-26-12-9-17-43(51)30-32-61(63)68-62)37-60(56)67-58-35-46-20-5-3-18-44(46)33-54(58)55-34-45-19-4-6-21-47(45)36-59(55)67/h3-28,30,32-40,48,64H,29,31H2,1-2H3. The Hall–Kier alpha value is -8.01. The van der Waals surface area contributed by atoms with Gasteiger partial charge < -0.3 is 8.98 Å². The van der Waals surface area contributed by atoms with E-state index in [1.54, 1.807) is 0 Å². The smallest absolute Gasteiger partial charge is 0.136 e. The largest absolute Gasteiger partial charge is 0.456 e. The molecule has 2 aromatic heterocycles. The molecule has 3 nitrogen and oxygen atoms in total. The van der Waals surface area contributed by atoms with Crippen LogP contribution in [0.4, 0.5) is 0 Å². The van der Waals surface area contributed by atoms with Crippen LogP contribution in [0.25, 0.3) is 103 Å². The maximum Gasteiger partial charge on any atom is 0.136 e. The number of aliphatic imine (C=N–C) groups is 1. The first kappa shape index (κ1) is 39.2. The Kier molecular flexibility index (Phi) is 8.80. The van der Waals surface area contributed by atoms with Gasteiger partial charge in [-0.3, -0.25) is 4.99 Å². The lowest BCUT2D eigenvalue weighted by atomic mass is 9.74. The molecule has 324 valence electrons. The summed E-state index contributed by atoms with van der Waals surface area (Å²) < 4.78 is 9.57. The average Bonchev–Trinajstić information content (AvgIpc) is 3.90. The van der Waals surface area contributed by atoms with E-state index < -0.39 is 0 Å². The average molecular weight is 873 g/mol. The summed E-state index contributed by atoms with van der Waals surface area (Å²) in [4.78, 5) is 6.25. The summed E-state index contributed by atoms with van der Waals surface area (Å²) in [5.74, 6) is 0.588. The van der Waals surface area contributed by atoms with E-state index in [-0.39, 0.29) is 23.8 Å². The molecule has 0 spiro atoms. The zero-order chi connectivity index (χ0) is 45.0. The van der Waals surface area contributed by atoms with Gasteiger partial charge in [-0.15, -0.1) is 0 Å². The minimum atomic E-state index is -0.183. The summed E-state index contributed by atoms with van der Waals surface area (Å²) in [6.07, 6.45) is 2.05. The van der Waals surface area contributed by atoms with Gasteiger partial charge in [-0.1, -0.05) is 178 Å². The van der Waals surface area contributed by atoms with Crippen molar-refractivity contribution in [1.29, 1.82) is 0 Å². The molecule has 0 saturated carbocycles. The zero-order valence-electron chi connectivity index (χ0n) is 38.2. The summed E-state index contributed by atoms with van der Waals surface area (Å²) in [5.41, 5.74) is 10.3. The number of fused-ring (bicyclic) bond motifs is 12. The van der Waals surface area contributed by atoms with Crippen LogP contribution in [0.1, 0.15) is 55.3 Å². The van der Waals surface area contributed by atoms with Crippen LogP contribution in [0.5, 0.6) is 0 Å². The van der Waals surface area contributed by atoms with E-state index in [9.17, 15) is 0 Å². The van der Waals surface area contributed by atoms with E-state index in [1.165, 1.54) is 92.4 Å². The topological polar surface area (TPSA) is 30.4 Å². The van der Waals surface area contributed by atoms with Crippen molar-refractivity contribution in [3.8, 4) is 5.69 Å². The molecule has 0 N–H and O–H groups in total. The van der Waals surface area contributed by atoms with Crippen LogP contribution in [0.15, 0.2) is 216 Å². The molecule has 0 fully saturated rings. The van der Waals surface area contributed by atoms with Crippen LogP contribution < -0.4 is 0 Å². The number of benzene rings is 11. The SMILES string of the molecule is CC1CCC(c2cccc3ccccc23)C(C)C(c2cccc3ccccc23)=NC1c1cc2oc3ccc4ccccc4c3c2cc1-n1c2cc3ccccc3cc2c2cc3ccccc3cc21. The molecule has 4 unspecified atom stereocenters. The Bertz CT molecular complexity index is 4120. The number of furan rings is 1. The maximum atomic E-state index is 6.99. The van der Waals surface area contributed by atoms with E-state index in [0.29, 0.717) is 0 Å². The van der Waals surface area contributed by atoms with E-state index in [4.69, 9.17) is 9.41 Å². The molecule has 68 heavy (non-hydrogen) atoms. The number of rotatable bonds is 4. The summed E-state index contributed by atoms with van der Waals surface area (Å²) in [6.45, 7) is 4.88. The van der Waals surface area contributed by atoms with Gasteiger partial charge in [-0.2, -0.15) is 0 Å². The van der Waals surface area contributed by atoms with Gasteiger partial charge in [-0.05, 0) is 127 Å². The molecular weight excluding hydrogens is 825 g/mol. The molecule has 3 heterocycles. The molecule has 0 aliphatic carbocycles. The second-order valence-electron chi connectivity index (χ2n) is 19.4. The Labute approximate surface area is 394 Å². The van der Waals surface area contributed by atoms with Crippen molar-refractivity contribution < 1.29 is 4.42 Å². The molecule has 0 bridgehead atoms. The minimum absolute atomic E-state index is 0.123. The van der Waals surface area contributed by atoms with Crippen molar-refractivity contribution in [2.75, 3.05) is 0 Å². The quantitative estimate of drug-likeness (QED) is 0.173. The lowest BCUT2D eigenvalue weighted by Crippen LogP contribution is -2.27. The van der Waals surface area contributed by atoms with Crippen molar-refractivity contribution in [1.82, 2.24) is 4.57 Å². The first-order valence-corrected chi connectivity index (χ1v) is 24.3. The third-order valence-corrected chi connectivity index (χ3v) is 15.6. The summed E-state index contributed by atoms with van der Waals surface area (Å²) in [7, 11) is 0. The zero-order valence-corrected chi connectivity index (χ0v) is 38.2. The second kappa shape index (κ2) is 15.3. The van der Waals surface area contributed by atoms with Crippen LogP contribution in [-0.4, -0.2) is 10.3 Å². The van der Waals surface area contributed by atoms with E-state index in [0.717, 1.165) is 46.2 Å². The number of aromatic nitrogens is 1. The van der Waals surface area contributed by atoms with Gasteiger partial charge in [-0.25, -0.2) is 0 Å². The van der Waals surface area contributed by atoms with Crippen LogP contribution >= 0.6 is 0 Å². The van der Waals surface area contributed by atoms with Crippen molar-refractivity contribution in [3.05, 3.63) is 223 Å². The lowest BCUT2D eigenvalue weighted by Gasteiger charge is -2.35. The van der Waals surface area contributed by atoms with Gasteiger partial charge in [0.15, 0.2) is 0 Å². The first-order valence-electron chi connectivity index (χ1n) is 24.3. The number of hydrogen-bond acceptors (Lipinski definition) is 2. The predicted molar refractivity (Wildman–Crippen MR) is 288 cm³/mol. The third kappa shape index (κ3) is 6.01. The summed E-state index contributed by atoms with van der Waals surface area (Å²) in [5, 5.41) is 17.2. The Morgan fingerprint density at radius 2 is 0.971 bits per heavy atom. The Morgan fingerprint density at radius 1 is 0.426 bits per heavy atom. The van der Waals surface area contributed by atoms with Crippen LogP contribution in [0, 0.1) is 11.8 Å². The van der Waals surface area contributed by atoms with Crippen molar-refractivity contribution in [2.45, 2.75) is 38.6 Å². The molecule has 0 radical (unpaired) electrons. The summed E-state index contributed by atoms with van der Waals surface area (Å²) in [6, 6.07) is 76.3. The lowest BCUT2D eigenvalue weighted by molar-refractivity contribution is 0.374. The highest BCUT2D eigenvalue weighted by Crippen LogP contribution is 2.48. The van der Waals surface area contributed by atoms with Gasteiger partial charge in [0.05, 0.1) is 22.8 Å². The van der Waals surface area contributed by atoms with Gasteiger partial charge >= 0.3 is 0 Å². The normalized spacial score (nSPS) is 18.1. The highest BCUT2D eigenvalue weighted by atomic mass is 16.3. The first-order chi connectivity index (χ1) is 33.5. The van der Waals surface area contributed by atoms with E-state index in [2.05, 4.69) is 225 Å². The number of hydrogen-bond donors (Lipinski definition) is 0. The van der Waals surface area contributed by atoms with Crippen molar-refractivity contribution in [2.24, 2.45) is 16.8 Å². The highest BCUT2D eigenvalue weighted by Gasteiger charge is 2.35. The molecule has 0 saturated heterocycles. The van der Waals surface area contributed by atoms with E-state index in [1.807, 2.05) is 0 Å². The van der Waals surface area contributed by atoms with Crippen LogP contribution in [0.3, 0.4) is 0 Å². The molecule has 0 amide bonds. The van der Waals surface area contributed by atoms with Crippen molar-refractivity contribution in [3.63, 3.8) is 0 Å². The van der Waals surface area contributed by atoms with Gasteiger partial charge in [0.2, 0.25) is 0 Å². The number of nitrogens with zero attached hydrogens (tertiary/aromatic N) is 2. The fourth-order valence-electron chi connectivity index (χ4n) is 12.2. The second-order valence-corrected chi connectivity index (χ2v) is 19.4. The maximum absolute atomic E-state index is 6.99.